The van der Waals surface area contributed by atoms with Gasteiger partial charge in [-0.2, -0.15) is 0 Å². The summed E-state index contributed by atoms with van der Waals surface area (Å²) in [6.07, 6.45) is 6.65. The largest absolute Gasteiger partial charge is 0.356 e. The highest BCUT2D eigenvalue weighted by atomic mass is 127. The molecule has 7 heteroatoms. The van der Waals surface area contributed by atoms with E-state index >= 15 is 0 Å². The number of thiazole rings is 1. The molecule has 0 aliphatic carbocycles. The van der Waals surface area contributed by atoms with Crippen LogP contribution in [0.1, 0.15) is 37.8 Å². The third-order valence-corrected chi connectivity index (χ3v) is 5.82. The van der Waals surface area contributed by atoms with E-state index < -0.39 is 0 Å². The van der Waals surface area contributed by atoms with Gasteiger partial charge in [-0.1, -0.05) is 43.2 Å². The Morgan fingerprint density at radius 2 is 1.86 bits per heavy atom. The summed E-state index contributed by atoms with van der Waals surface area (Å²) in [5.41, 5.74) is 2.22. The molecule has 0 spiro atoms. The van der Waals surface area contributed by atoms with Gasteiger partial charge in [0.25, 0.3) is 0 Å². The fourth-order valence-corrected chi connectivity index (χ4v) is 4.19. The van der Waals surface area contributed by atoms with Crippen molar-refractivity contribution in [3.63, 3.8) is 0 Å². The molecule has 0 bridgehead atoms. The van der Waals surface area contributed by atoms with Crippen molar-refractivity contribution >= 4 is 41.3 Å². The minimum absolute atomic E-state index is 0. The molecule has 5 nitrogen and oxygen atoms in total. The Hall–Kier alpha value is -1.19. The number of aromatic nitrogens is 1. The average molecular weight is 513 g/mol. The molecule has 3 rings (SSSR count). The molecule has 1 aromatic carbocycles. The molecule has 2 aromatic rings. The third kappa shape index (κ3) is 7.67. The molecular formula is C21H32IN5S. The second-order valence-corrected chi connectivity index (χ2v) is 7.83. The minimum Gasteiger partial charge on any atom is -0.356 e. The van der Waals surface area contributed by atoms with Gasteiger partial charge in [0.05, 0.1) is 12.2 Å². The fourth-order valence-electron chi connectivity index (χ4n) is 3.37. The Bertz CT molecular complexity index is 696. The zero-order valence-corrected chi connectivity index (χ0v) is 19.8. The molecule has 1 saturated heterocycles. The molecule has 2 heterocycles. The summed E-state index contributed by atoms with van der Waals surface area (Å²) < 4.78 is 0. The Morgan fingerprint density at radius 1 is 1.11 bits per heavy atom. The lowest BCUT2D eigenvalue weighted by atomic mass is 10.2. The standard InChI is InChI=1S/C21H31N5S.HI/c1-22-21(23-12-9-15-26-13-7-2-3-8-14-26)24-16-19-17-27-20(25-19)18-10-5-4-6-11-18;/h4-6,10-11,17H,2-3,7-9,12-16H2,1H3,(H2,22,23,24);1H. The molecular weight excluding hydrogens is 481 g/mol. The maximum absolute atomic E-state index is 4.72. The maximum Gasteiger partial charge on any atom is 0.191 e. The summed E-state index contributed by atoms with van der Waals surface area (Å²) >= 11 is 1.68. The van der Waals surface area contributed by atoms with Crippen molar-refractivity contribution in [2.24, 2.45) is 4.99 Å². The normalized spacial score (nSPS) is 15.5. The first-order valence-corrected chi connectivity index (χ1v) is 10.9. The van der Waals surface area contributed by atoms with Crippen LogP contribution in [0.3, 0.4) is 0 Å². The van der Waals surface area contributed by atoms with Gasteiger partial charge < -0.3 is 15.5 Å². The van der Waals surface area contributed by atoms with Crippen LogP contribution in [-0.4, -0.2) is 49.1 Å². The molecule has 0 atom stereocenters. The maximum atomic E-state index is 4.72. The predicted molar refractivity (Wildman–Crippen MR) is 131 cm³/mol. The Labute approximate surface area is 190 Å². The van der Waals surface area contributed by atoms with Crippen molar-refractivity contribution in [2.75, 3.05) is 33.2 Å². The average Bonchev–Trinajstić information content (AvgIpc) is 3.04. The van der Waals surface area contributed by atoms with Crippen LogP contribution >= 0.6 is 35.3 Å². The van der Waals surface area contributed by atoms with Gasteiger partial charge in [-0.05, 0) is 38.9 Å². The van der Waals surface area contributed by atoms with Crippen LogP contribution in [0.2, 0.25) is 0 Å². The van der Waals surface area contributed by atoms with Gasteiger partial charge >= 0.3 is 0 Å². The minimum atomic E-state index is 0. The molecule has 0 saturated carbocycles. The van der Waals surface area contributed by atoms with Crippen molar-refractivity contribution in [3.8, 4) is 10.6 Å². The number of aliphatic imine (C=N–C) groups is 1. The molecule has 0 unspecified atom stereocenters. The van der Waals surface area contributed by atoms with E-state index in [2.05, 4.69) is 38.0 Å². The van der Waals surface area contributed by atoms with Crippen LogP contribution < -0.4 is 10.6 Å². The number of hydrogen-bond donors (Lipinski definition) is 2. The topological polar surface area (TPSA) is 52.6 Å². The van der Waals surface area contributed by atoms with Crippen LogP contribution in [0.5, 0.6) is 0 Å². The van der Waals surface area contributed by atoms with Crippen molar-refractivity contribution in [3.05, 3.63) is 41.4 Å². The first-order chi connectivity index (χ1) is 13.3. The number of nitrogens with zero attached hydrogens (tertiary/aromatic N) is 3. The summed E-state index contributed by atoms with van der Waals surface area (Å²) in [6, 6.07) is 10.3. The zero-order chi connectivity index (χ0) is 18.7. The van der Waals surface area contributed by atoms with Gasteiger partial charge in [-0.3, -0.25) is 4.99 Å². The van der Waals surface area contributed by atoms with Crippen molar-refractivity contribution in [1.82, 2.24) is 20.5 Å². The molecule has 1 aromatic heterocycles. The Kier molecular flexibility index (Phi) is 10.8. The first kappa shape index (κ1) is 23.1. The summed E-state index contributed by atoms with van der Waals surface area (Å²) in [5, 5.41) is 9.97. The van der Waals surface area contributed by atoms with Gasteiger partial charge in [0, 0.05) is 24.5 Å². The zero-order valence-electron chi connectivity index (χ0n) is 16.7. The second kappa shape index (κ2) is 13.1. The number of likely N-dealkylation sites (tertiary alicyclic amines) is 1. The molecule has 28 heavy (non-hydrogen) atoms. The summed E-state index contributed by atoms with van der Waals surface area (Å²) in [4.78, 5) is 11.6. The van der Waals surface area contributed by atoms with Crippen molar-refractivity contribution < 1.29 is 0 Å². The Morgan fingerprint density at radius 3 is 2.57 bits per heavy atom. The lowest BCUT2D eigenvalue weighted by molar-refractivity contribution is 0.282. The number of nitrogens with one attached hydrogen (secondary N) is 2. The highest BCUT2D eigenvalue weighted by Gasteiger charge is 2.08. The van der Waals surface area contributed by atoms with E-state index in [1.54, 1.807) is 11.3 Å². The highest BCUT2D eigenvalue weighted by Crippen LogP contribution is 2.23. The molecule has 154 valence electrons. The SMILES string of the molecule is CN=C(NCCCN1CCCCCC1)NCc1csc(-c2ccccc2)n1.I. The van der Waals surface area contributed by atoms with Gasteiger partial charge in [-0.15, -0.1) is 35.3 Å². The number of halogens is 1. The number of benzene rings is 1. The predicted octanol–water partition coefficient (Wildman–Crippen LogP) is 4.36. The molecule has 2 N–H and O–H groups in total. The summed E-state index contributed by atoms with van der Waals surface area (Å²) in [5.74, 6) is 0.847. The molecule has 0 amide bonds. The lowest BCUT2D eigenvalue weighted by Crippen LogP contribution is -2.38. The smallest absolute Gasteiger partial charge is 0.191 e. The first-order valence-electron chi connectivity index (χ1n) is 10.0. The van der Waals surface area contributed by atoms with E-state index in [9.17, 15) is 0 Å². The number of rotatable bonds is 7. The second-order valence-electron chi connectivity index (χ2n) is 6.97. The van der Waals surface area contributed by atoms with E-state index in [1.165, 1.54) is 50.9 Å². The molecule has 1 aliphatic rings. The third-order valence-electron chi connectivity index (χ3n) is 4.88. The van der Waals surface area contributed by atoms with Crippen molar-refractivity contribution in [2.45, 2.75) is 38.6 Å². The van der Waals surface area contributed by atoms with Gasteiger partial charge in [0.2, 0.25) is 0 Å². The summed E-state index contributed by atoms with van der Waals surface area (Å²) in [6.45, 7) is 5.34. The highest BCUT2D eigenvalue weighted by molar-refractivity contribution is 14.0. The number of guanidine groups is 1. The van der Waals surface area contributed by atoms with E-state index in [-0.39, 0.29) is 24.0 Å². The van der Waals surface area contributed by atoms with E-state index in [1.807, 2.05) is 25.2 Å². The van der Waals surface area contributed by atoms with Crippen LogP contribution in [0, 0.1) is 0 Å². The van der Waals surface area contributed by atoms with E-state index in [0.717, 1.165) is 29.6 Å². The van der Waals surface area contributed by atoms with Gasteiger partial charge in [0.1, 0.15) is 5.01 Å². The van der Waals surface area contributed by atoms with Gasteiger partial charge in [-0.25, -0.2) is 4.98 Å². The molecule has 0 radical (unpaired) electrons. The van der Waals surface area contributed by atoms with E-state index in [4.69, 9.17) is 4.98 Å². The fraction of sp³-hybridized carbons (Fsp3) is 0.524. The van der Waals surface area contributed by atoms with Crippen LogP contribution in [0.25, 0.3) is 10.6 Å². The number of hydrogen-bond acceptors (Lipinski definition) is 4. The quantitative estimate of drug-likeness (QED) is 0.250. The van der Waals surface area contributed by atoms with Crippen LogP contribution in [-0.2, 0) is 6.54 Å². The van der Waals surface area contributed by atoms with Crippen molar-refractivity contribution in [1.29, 1.82) is 0 Å². The van der Waals surface area contributed by atoms with Gasteiger partial charge in [0.15, 0.2) is 5.96 Å². The molecule has 1 fully saturated rings. The Balaban J connectivity index is 0.00000280. The summed E-state index contributed by atoms with van der Waals surface area (Å²) in [7, 11) is 1.82. The van der Waals surface area contributed by atoms with Crippen LogP contribution in [0.4, 0.5) is 0 Å². The van der Waals surface area contributed by atoms with Crippen LogP contribution in [0.15, 0.2) is 40.7 Å². The van der Waals surface area contributed by atoms with E-state index in [0.29, 0.717) is 6.54 Å². The lowest BCUT2D eigenvalue weighted by Gasteiger charge is -2.20. The molecule has 1 aliphatic heterocycles. The monoisotopic (exact) mass is 513 g/mol.